The van der Waals surface area contributed by atoms with E-state index in [9.17, 15) is 9.18 Å². The van der Waals surface area contributed by atoms with Gasteiger partial charge in [-0.3, -0.25) is 4.79 Å². The van der Waals surface area contributed by atoms with E-state index in [4.69, 9.17) is 4.74 Å². The fraction of sp³-hybridized carbons (Fsp3) is 0.118. The Hall–Kier alpha value is -2.80. The highest BCUT2D eigenvalue weighted by Crippen LogP contribution is 2.22. The molecule has 0 radical (unpaired) electrons. The number of hydrogen-bond donors (Lipinski definition) is 1. The summed E-state index contributed by atoms with van der Waals surface area (Å²) in [7, 11) is 0. The maximum Gasteiger partial charge on any atom is 0.251 e. The van der Waals surface area contributed by atoms with Crippen LogP contribution in [0.4, 0.5) is 4.39 Å². The van der Waals surface area contributed by atoms with Crippen molar-refractivity contribution in [1.29, 1.82) is 0 Å². The molecular formula is C17H14FN3O2S. The van der Waals surface area contributed by atoms with Gasteiger partial charge in [-0.05, 0) is 35.7 Å². The molecule has 0 spiro atoms. The van der Waals surface area contributed by atoms with Gasteiger partial charge in [-0.15, -0.1) is 21.5 Å². The van der Waals surface area contributed by atoms with Crippen molar-refractivity contribution in [3.63, 3.8) is 0 Å². The van der Waals surface area contributed by atoms with Crippen LogP contribution in [-0.2, 0) is 0 Å². The van der Waals surface area contributed by atoms with Crippen LogP contribution in [0.3, 0.4) is 0 Å². The molecule has 2 aromatic heterocycles. The Bertz CT molecular complexity index is 807. The Kier molecular flexibility index (Phi) is 5.12. The predicted molar refractivity (Wildman–Crippen MR) is 89.6 cm³/mol. The van der Waals surface area contributed by atoms with Crippen LogP contribution < -0.4 is 10.1 Å². The molecule has 24 heavy (non-hydrogen) atoms. The molecule has 0 fully saturated rings. The van der Waals surface area contributed by atoms with Crippen molar-refractivity contribution in [2.75, 3.05) is 13.2 Å². The molecule has 3 aromatic rings. The number of thiophene rings is 1. The van der Waals surface area contributed by atoms with E-state index < -0.39 is 5.82 Å². The van der Waals surface area contributed by atoms with Gasteiger partial charge in [0.2, 0.25) is 5.88 Å². The Morgan fingerprint density at radius 3 is 2.79 bits per heavy atom. The first-order valence-electron chi connectivity index (χ1n) is 7.26. The quantitative estimate of drug-likeness (QED) is 0.698. The van der Waals surface area contributed by atoms with Crippen LogP contribution in [0.2, 0.25) is 0 Å². The third-order valence-electron chi connectivity index (χ3n) is 3.14. The molecule has 0 aliphatic rings. The van der Waals surface area contributed by atoms with Crippen LogP contribution >= 0.6 is 11.3 Å². The SMILES string of the molecule is O=C(NCCOc1ccc(-c2cccs2)nn1)c1cccc(F)c1. The summed E-state index contributed by atoms with van der Waals surface area (Å²) in [6.45, 7) is 0.526. The van der Waals surface area contributed by atoms with Crippen LogP contribution in [0, 0.1) is 5.82 Å². The fourth-order valence-electron chi connectivity index (χ4n) is 2.00. The second kappa shape index (κ2) is 7.65. The number of nitrogens with one attached hydrogen (secondary N) is 1. The number of aromatic nitrogens is 2. The summed E-state index contributed by atoms with van der Waals surface area (Å²) in [5, 5.41) is 12.7. The number of amides is 1. The summed E-state index contributed by atoms with van der Waals surface area (Å²) >= 11 is 1.59. The first kappa shape index (κ1) is 16.1. The second-order valence-corrected chi connectivity index (χ2v) is 5.80. The highest BCUT2D eigenvalue weighted by atomic mass is 32.1. The molecule has 1 amide bonds. The van der Waals surface area contributed by atoms with Gasteiger partial charge in [-0.1, -0.05) is 12.1 Å². The third kappa shape index (κ3) is 4.14. The van der Waals surface area contributed by atoms with Crippen LogP contribution in [0.15, 0.2) is 53.9 Å². The Labute approximate surface area is 142 Å². The molecule has 7 heteroatoms. The minimum Gasteiger partial charge on any atom is -0.475 e. The van der Waals surface area contributed by atoms with E-state index in [0.29, 0.717) is 5.88 Å². The lowest BCUT2D eigenvalue weighted by atomic mass is 10.2. The number of ether oxygens (including phenoxy) is 1. The Morgan fingerprint density at radius 1 is 1.17 bits per heavy atom. The maximum atomic E-state index is 13.1. The molecule has 2 heterocycles. The van der Waals surface area contributed by atoms with E-state index in [1.807, 2.05) is 23.6 Å². The lowest BCUT2D eigenvalue weighted by molar-refractivity contribution is 0.0946. The van der Waals surface area contributed by atoms with Gasteiger partial charge in [0.15, 0.2) is 0 Å². The molecule has 1 aromatic carbocycles. The number of nitrogens with zero attached hydrogens (tertiary/aromatic N) is 2. The van der Waals surface area contributed by atoms with E-state index in [-0.39, 0.29) is 24.6 Å². The smallest absolute Gasteiger partial charge is 0.251 e. The molecule has 1 N–H and O–H groups in total. The highest BCUT2D eigenvalue weighted by Gasteiger charge is 2.06. The zero-order chi connectivity index (χ0) is 16.8. The minimum absolute atomic E-state index is 0.244. The molecule has 0 saturated heterocycles. The van der Waals surface area contributed by atoms with Gasteiger partial charge in [-0.25, -0.2) is 4.39 Å². The number of carbonyl (C=O) groups excluding carboxylic acids is 1. The number of rotatable bonds is 6. The fourth-order valence-corrected chi connectivity index (χ4v) is 2.70. The molecule has 0 bridgehead atoms. The van der Waals surface area contributed by atoms with Crippen molar-refractivity contribution in [3.05, 3.63) is 65.3 Å². The van der Waals surface area contributed by atoms with Gasteiger partial charge in [0.25, 0.3) is 5.91 Å². The van der Waals surface area contributed by atoms with Crippen molar-refractivity contribution in [1.82, 2.24) is 15.5 Å². The molecule has 0 saturated carbocycles. The minimum atomic E-state index is -0.444. The molecular weight excluding hydrogens is 329 g/mol. The van der Waals surface area contributed by atoms with Crippen LogP contribution in [0.5, 0.6) is 5.88 Å². The lowest BCUT2D eigenvalue weighted by Gasteiger charge is -2.07. The molecule has 0 unspecified atom stereocenters. The highest BCUT2D eigenvalue weighted by molar-refractivity contribution is 7.13. The summed E-state index contributed by atoms with van der Waals surface area (Å²) in [4.78, 5) is 12.9. The number of halogens is 1. The molecule has 0 aliphatic heterocycles. The summed E-state index contributed by atoms with van der Waals surface area (Å²) < 4.78 is 18.5. The summed E-state index contributed by atoms with van der Waals surface area (Å²) in [6.07, 6.45) is 0. The molecule has 5 nitrogen and oxygen atoms in total. The van der Waals surface area contributed by atoms with Crippen LogP contribution in [-0.4, -0.2) is 29.3 Å². The van der Waals surface area contributed by atoms with Gasteiger partial charge in [0.1, 0.15) is 18.1 Å². The Balaban J connectivity index is 1.46. The van der Waals surface area contributed by atoms with Crippen molar-refractivity contribution >= 4 is 17.2 Å². The first-order valence-corrected chi connectivity index (χ1v) is 8.14. The van der Waals surface area contributed by atoms with E-state index in [1.165, 1.54) is 18.2 Å². The van der Waals surface area contributed by atoms with Gasteiger partial charge in [-0.2, -0.15) is 0 Å². The number of hydrogen-bond acceptors (Lipinski definition) is 5. The van der Waals surface area contributed by atoms with Crippen molar-refractivity contribution < 1.29 is 13.9 Å². The Morgan fingerprint density at radius 2 is 2.08 bits per heavy atom. The van der Waals surface area contributed by atoms with Crippen molar-refractivity contribution in [2.45, 2.75) is 0 Å². The van der Waals surface area contributed by atoms with Gasteiger partial charge < -0.3 is 10.1 Å². The standard InChI is InChI=1S/C17H14FN3O2S/c18-13-4-1-3-12(11-13)17(22)19-8-9-23-16-7-6-14(20-21-16)15-5-2-10-24-15/h1-7,10-11H,8-9H2,(H,19,22). The second-order valence-electron chi connectivity index (χ2n) is 4.85. The summed E-state index contributed by atoms with van der Waals surface area (Å²) in [5.74, 6) is -0.410. The van der Waals surface area contributed by atoms with Crippen molar-refractivity contribution in [3.8, 4) is 16.5 Å². The van der Waals surface area contributed by atoms with E-state index in [0.717, 1.165) is 10.6 Å². The largest absolute Gasteiger partial charge is 0.475 e. The average molecular weight is 343 g/mol. The van der Waals surface area contributed by atoms with Gasteiger partial charge >= 0.3 is 0 Å². The van der Waals surface area contributed by atoms with Gasteiger partial charge in [0.05, 0.1) is 11.4 Å². The van der Waals surface area contributed by atoms with Crippen LogP contribution in [0.1, 0.15) is 10.4 Å². The maximum absolute atomic E-state index is 13.1. The van der Waals surface area contributed by atoms with Crippen LogP contribution in [0.25, 0.3) is 10.6 Å². The van der Waals surface area contributed by atoms with E-state index in [1.54, 1.807) is 23.5 Å². The molecule has 3 rings (SSSR count). The summed E-state index contributed by atoms with van der Waals surface area (Å²) in [5.41, 5.74) is 1.06. The first-order chi connectivity index (χ1) is 11.7. The third-order valence-corrected chi connectivity index (χ3v) is 4.03. The zero-order valence-corrected chi connectivity index (χ0v) is 13.4. The normalized spacial score (nSPS) is 10.4. The number of carbonyl (C=O) groups is 1. The predicted octanol–water partition coefficient (Wildman–Crippen LogP) is 3.15. The van der Waals surface area contributed by atoms with Crippen molar-refractivity contribution in [2.24, 2.45) is 0 Å². The zero-order valence-electron chi connectivity index (χ0n) is 12.6. The monoisotopic (exact) mass is 343 g/mol. The summed E-state index contributed by atoms with van der Waals surface area (Å²) in [6, 6.07) is 13.0. The van der Waals surface area contributed by atoms with Gasteiger partial charge in [0, 0.05) is 11.6 Å². The molecule has 0 atom stereocenters. The number of benzene rings is 1. The van der Waals surface area contributed by atoms with E-state index >= 15 is 0 Å². The van der Waals surface area contributed by atoms with E-state index in [2.05, 4.69) is 15.5 Å². The topological polar surface area (TPSA) is 64.1 Å². The molecule has 122 valence electrons. The molecule has 0 aliphatic carbocycles. The lowest BCUT2D eigenvalue weighted by Crippen LogP contribution is -2.28. The average Bonchev–Trinajstić information content (AvgIpc) is 3.14.